The number of benzene rings is 2. The molecule has 4 rings (SSSR count). The molecule has 2 aromatic heterocycles. The minimum atomic E-state index is 0.708. The van der Waals surface area contributed by atoms with E-state index in [1.54, 1.807) is 36.5 Å². The zero-order valence-electron chi connectivity index (χ0n) is 15.5. The summed E-state index contributed by atoms with van der Waals surface area (Å²) in [6, 6.07) is 16.1. The molecule has 0 atom stereocenters. The van der Waals surface area contributed by atoms with E-state index in [-0.39, 0.29) is 0 Å². The number of ether oxygens (including phenoxy) is 1. The van der Waals surface area contributed by atoms with Crippen LogP contribution in [0.5, 0.6) is 5.75 Å². The maximum absolute atomic E-state index is 5.45. The number of aryl methyl sites for hydroxylation is 1. The van der Waals surface area contributed by atoms with Gasteiger partial charge >= 0.3 is 0 Å². The zero-order chi connectivity index (χ0) is 19.3. The van der Waals surface area contributed by atoms with Crippen LogP contribution in [0.3, 0.4) is 0 Å². The van der Waals surface area contributed by atoms with E-state index in [0.717, 1.165) is 33.1 Å². The molecule has 2 aromatic carbocycles. The molecule has 0 aliphatic heterocycles. The monoisotopic (exact) mass is 409 g/mol. The topological polar surface area (TPSA) is 64.9 Å². The van der Waals surface area contributed by atoms with Crippen LogP contribution in [0.25, 0.3) is 5.69 Å². The molecule has 6 nitrogen and oxygen atoms in total. The van der Waals surface area contributed by atoms with E-state index in [1.807, 2.05) is 28.8 Å². The summed E-state index contributed by atoms with van der Waals surface area (Å²) in [4.78, 5) is 4.67. The third-order valence-electron chi connectivity index (χ3n) is 4.06. The van der Waals surface area contributed by atoms with Gasteiger partial charge < -0.3 is 10.1 Å². The molecule has 0 saturated carbocycles. The highest BCUT2D eigenvalue weighted by molar-refractivity contribution is 7.98. The molecule has 0 fully saturated rings. The van der Waals surface area contributed by atoms with Crippen LogP contribution < -0.4 is 10.1 Å². The van der Waals surface area contributed by atoms with E-state index in [1.165, 1.54) is 5.56 Å². The Morgan fingerprint density at radius 2 is 1.96 bits per heavy atom. The van der Waals surface area contributed by atoms with Crippen LogP contribution in [-0.4, -0.2) is 26.9 Å². The zero-order valence-corrected chi connectivity index (χ0v) is 17.1. The van der Waals surface area contributed by atoms with Crippen LogP contribution >= 0.6 is 23.1 Å². The summed E-state index contributed by atoms with van der Waals surface area (Å²) >= 11 is 3.19. The summed E-state index contributed by atoms with van der Waals surface area (Å²) in [5.74, 6) is 1.49. The van der Waals surface area contributed by atoms with Gasteiger partial charge in [0.15, 0.2) is 10.3 Å². The molecule has 0 aliphatic rings. The molecule has 28 heavy (non-hydrogen) atoms. The Labute approximate surface area is 171 Å². The standard InChI is InChI=1S/C20H19N5OS2/c1-14-7-9-15(10-8-14)22-19-23-16(11-27-19)12-28-20-24-21-13-25(20)17-5-3-4-6-18(17)26-2/h3-11,13H,12H2,1-2H3,(H,22,23). The third kappa shape index (κ3) is 4.18. The van der Waals surface area contributed by atoms with E-state index in [2.05, 4.69) is 57.1 Å². The SMILES string of the molecule is COc1ccccc1-n1cnnc1SCc1csc(Nc2ccc(C)cc2)n1. The van der Waals surface area contributed by atoms with Crippen molar-refractivity contribution in [3.8, 4) is 11.4 Å². The first-order valence-electron chi connectivity index (χ1n) is 8.67. The number of thiazole rings is 1. The van der Waals surface area contributed by atoms with Crippen LogP contribution in [0.2, 0.25) is 0 Å². The second kappa shape index (κ2) is 8.45. The Morgan fingerprint density at radius 3 is 2.79 bits per heavy atom. The van der Waals surface area contributed by atoms with Gasteiger partial charge in [-0.1, -0.05) is 41.6 Å². The number of nitrogens with zero attached hydrogens (tertiary/aromatic N) is 4. The molecule has 0 saturated heterocycles. The Hall–Kier alpha value is -2.84. The van der Waals surface area contributed by atoms with Crippen molar-refractivity contribution < 1.29 is 4.74 Å². The van der Waals surface area contributed by atoms with Gasteiger partial charge in [-0.05, 0) is 31.2 Å². The summed E-state index contributed by atoms with van der Waals surface area (Å²) in [5.41, 5.74) is 4.19. The highest BCUT2D eigenvalue weighted by Gasteiger charge is 2.12. The molecule has 0 bridgehead atoms. The number of methoxy groups -OCH3 is 1. The first kappa shape index (κ1) is 18.5. The lowest BCUT2D eigenvalue weighted by molar-refractivity contribution is 0.412. The molecule has 0 unspecified atom stereocenters. The van der Waals surface area contributed by atoms with Crippen LogP contribution in [0.15, 0.2) is 65.4 Å². The number of aromatic nitrogens is 4. The third-order valence-corrected chi connectivity index (χ3v) is 5.85. The average Bonchev–Trinajstić information content (AvgIpc) is 3.37. The predicted octanol–water partition coefficient (Wildman–Crippen LogP) is 5.08. The summed E-state index contributed by atoms with van der Waals surface area (Å²) in [5, 5.41) is 15.4. The van der Waals surface area contributed by atoms with Crippen molar-refractivity contribution in [2.24, 2.45) is 0 Å². The fourth-order valence-electron chi connectivity index (χ4n) is 2.65. The summed E-state index contributed by atoms with van der Waals surface area (Å²) in [6.45, 7) is 2.08. The predicted molar refractivity (Wildman–Crippen MR) is 114 cm³/mol. The van der Waals surface area contributed by atoms with Gasteiger partial charge in [0, 0.05) is 16.8 Å². The first-order valence-corrected chi connectivity index (χ1v) is 10.5. The minimum absolute atomic E-state index is 0.708. The Morgan fingerprint density at radius 1 is 1.14 bits per heavy atom. The van der Waals surface area contributed by atoms with E-state index >= 15 is 0 Å². The number of thioether (sulfide) groups is 1. The number of hydrogen-bond donors (Lipinski definition) is 1. The first-order chi connectivity index (χ1) is 13.7. The van der Waals surface area contributed by atoms with Crippen molar-refractivity contribution in [2.75, 3.05) is 12.4 Å². The van der Waals surface area contributed by atoms with Crippen LogP contribution in [0.4, 0.5) is 10.8 Å². The highest BCUT2D eigenvalue weighted by atomic mass is 32.2. The minimum Gasteiger partial charge on any atom is -0.495 e. The van der Waals surface area contributed by atoms with Gasteiger partial charge in [-0.2, -0.15) is 0 Å². The number of anilines is 2. The Bertz CT molecular complexity index is 1060. The van der Waals surface area contributed by atoms with Crippen molar-refractivity contribution in [1.29, 1.82) is 0 Å². The molecule has 0 aliphatic carbocycles. The van der Waals surface area contributed by atoms with Gasteiger partial charge in [-0.25, -0.2) is 4.98 Å². The van der Waals surface area contributed by atoms with Crippen molar-refractivity contribution in [3.05, 3.63) is 71.5 Å². The Kier molecular flexibility index (Phi) is 5.59. The summed E-state index contributed by atoms with van der Waals surface area (Å²) in [7, 11) is 1.66. The van der Waals surface area contributed by atoms with Gasteiger partial charge in [0.05, 0.1) is 18.5 Å². The molecule has 4 aromatic rings. The van der Waals surface area contributed by atoms with Gasteiger partial charge in [-0.15, -0.1) is 21.5 Å². The van der Waals surface area contributed by atoms with E-state index < -0.39 is 0 Å². The van der Waals surface area contributed by atoms with Gasteiger partial charge in [0.2, 0.25) is 0 Å². The quantitative estimate of drug-likeness (QED) is 0.430. The van der Waals surface area contributed by atoms with Gasteiger partial charge in [-0.3, -0.25) is 4.57 Å². The maximum atomic E-state index is 5.45. The fraction of sp³-hybridized carbons (Fsp3) is 0.150. The largest absolute Gasteiger partial charge is 0.495 e. The normalized spacial score (nSPS) is 10.8. The molecule has 2 heterocycles. The maximum Gasteiger partial charge on any atom is 0.196 e. The van der Waals surface area contributed by atoms with E-state index in [9.17, 15) is 0 Å². The van der Waals surface area contributed by atoms with Gasteiger partial charge in [0.25, 0.3) is 0 Å². The number of para-hydroxylation sites is 2. The lowest BCUT2D eigenvalue weighted by Gasteiger charge is -2.10. The number of hydrogen-bond acceptors (Lipinski definition) is 7. The lowest BCUT2D eigenvalue weighted by atomic mass is 10.2. The Balaban J connectivity index is 1.44. The molecule has 142 valence electrons. The van der Waals surface area contributed by atoms with Crippen LogP contribution in [0.1, 0.15) is 11.3 Å². The molecular formula is C20H19N5OS2. The van der Waals surface area contributed by atoms with Crippen molar-refractivity contribution in [1.82, 2.24) is 19.7 Å². The highest BCUT2D eigenvalue weighted by Crippen LogP contribution is 2.29. The summed E-state index contributed by atoms with van der Waals surface area (Å²) in [6.07, 6.45) is 1.70. The summed E-state index contributed by atoms with van der Waals surface area (Å²) < 4.78 is 7.38. The average molecular weight is 410 g/mol. The molecule has 0 spiro atoms. The van der Waals surface area contributed by atoms with Crippen molar-refractivity contribution in [3.63, 3.8) is 0 Å². The molecule has 0 amide bonds. The molecule has 8 heteroatoms. The molecular weight excluding hydrogens is 390 g/mol. The van der Waals surface area contributed by atoms with E-state index in [4.69, 9.17) is 4.74 Å². The number of nitrogens with one attached hydrogen (secondary N) is 1. The van der Waals surface area contributed by atoms with Crippen molar-refractivity contribution in [2.45, 2.75) is 17.8 Å². The van der Waals surface area contributed by atoms with Crippen LogP contribution in [0, 0.1) is 6.92 Å². The van der Waals surface area contributed by atoms with Gasteiger partial charge in [0.1, 0.15) is 12.1 Å². The molecule has 1 N–H and O–H groups in total. The molecule has 0 radical (unpaired) electrons. The fourth-order valence-corrected chi connectivity index (χ4v) is 4.30. The van der Waals surface area contributed by atoms with E-state index in [0.29, 0.717) is 5.75 Å². The second-order valence-electron chi connectivity index (χ2n) is 6.08. The van der Waals surface area contributed by atoms with Crippen molar-refractivity contribution >= 4 is 33.9 Å². The smallest absolute Gasteiger partial charge is 0.196 e. The van der Waals surface area contributed by atoms with Crippen LogP contribution in [-0.2, 0) is 5.75 Å². The second-order valence-corrected chi connectivity index (χ2v) is 7.88. The number of rotatable bonds is 7. The lowest BCUT2D eigenvalue weighted by Crippen LogP contribution is -1.98.